The topological polar surface area (TPSA) is 38.1 Å². The van der Waals surface area contributed by atoms with Crippen LogP contribution in [0.3, 0.4) is 0 Å². The van der Waals surface area contributed by atoms with Gasteiger partial charge >= 0.3 is 0 Å². The number of halogens is 1. The van der Waals surface area contributed by atoms with Gasteiger partial charge in [-0.15, -0.1) is 0 Å². The number of hydrogen-bond acceptors (Lipinski definition) is 3. The first-order chi connectivity index (χ1) is 8.22. The Kier molecular flexibility index (Phi) is 2.92. The van der Waals surface area contributed by atoms with Gasteiger partial charge in [0.1, 0.15) is 5.52 Å². The molecule has 0 amide bonds. The van der Waals surface area contributed by atoms with Crippen LogP contribution in [-0.2, 0) is 0 Å². The zero-order valence-electron chi connectivity index (χ0n) is 9.74. The fraction of sp³-hybridized carbons (Fsp3) is 0.462. The van der Waals surface area contributed by atoms with Gasteiger partial charge in [0.2, 0.25) is 5.89 Å². The Morgan fingerprint density at radius 3 is 3.18 bits per heavy atom. The zero-order valence-corrected chi connectivity index (χ0v) is 11.3. The van der Waals surface area contributed by atoms with Gasteiger partial charge in [0.05, 0.1) is 6.04 Å². The first kappa shape index (κ1) is 11.2. The Morgan fingerprint density at radius 1 is 1.47 bits per heavy atom. The number of oxazole rings is 1. The molecule has 2 aromatic rings. The number of hydrogen-bond donors (Lipinski definition) is 1. The summed E-state index contributed by atoms with van der Waals surface area (Å²) in [7, 11) is 0. The number of piperidine rings is 1. The van der Waals surface area contributed by atoms with Crippen LogP contribution in [0.25, 0.3) is 11.1 Å². The van der Waals surface area contributed by atoms with E-state index in [0.717, 1.165) is 40.3 Å². The summed E-state index contributed by atoms with van der Waals surface area (Å²) in [6.07, 6.45) is 2.34. The summed E-state index contributed by atoms with van der Waals surface area (Å²) in [4.78, 5) is 4.57. The van der Waals surface area contributed by atoms with Gasteiger partial charge in [-0.25, -0.2) is 4.98 Å². The van der Waals surface area contributed by atoms with Gasteiger partial charge in [-0.05, 0) is 43.5 Å². The van der Waals surface area contributed by atoms with Crippen molar-refractivity contribution in [2.24, 2.45) is 5.92 Å². The highest BCUT2D eigenvalue weighted by Gasteiger charge is 2.24. The number of fused-ring (bicyclic) bond motifs is 1. The molecule has 2 atom stereocenters. The van der Waals surface area contributed by atoms with Gasteiger partial charge in [-0.2, -0.15) is 0 Å². The molecule has 1 saturated heterocycles. The van der Waals surface area contributed by atoms with Crippen LogP contribution in [0.15, 0.2) is 27.1 Å². The third-order valence-corrected chi connectivity index (χ3v) is 3.82. The molecule has 1 aromatic carbocycles. The molecule has 2 heterocycles. The molecule has 0 bridgehead atoms. The molecule has 0 saturated carbocycles. The summed E-state index contributed by atoms with van der Waals surface area (Å²) in [5.41, 5.74) is 1.79. The molecule has 4 heteroatoms. The Bertz CT molecular complexity index is 537. The molecular formula is C13H15BrN2O. The van der Waals surface area contributed by atoms with Gasteiger partial charge in [-0.1, -0.05) is 22.9 Å². The van der Waals surface area contributed by atoms with Crippen LogP contribution in [0, 0.1) is 5.92 Å². The summed E-state index contributed by atoms with van der Waals surface area (Å²) in [6.45, 7) is 3.33. The van der Waals surface area contributed by atoms with Crippen molar-refractivity contribution in [3.63, 3.8) is 0 Å². The second-order valence-electron chi connectivity index (χ2n) is 4.80. The molecule has 0 spiro atoms. The lowest BCUT2D eigenvalue weighted by atomic mass is 9.94. The SMILES string of the molecule is CC1CCNC(c2nc3cc(Br)ccc3o2)C1. The fourth-order valence-corrected chi connectivity index (χ4v) is 2.71. The lowest BCUT2D eigenvalue weighted by Crippen LogP contribution is -2.30. The van der Waals surface area contributed by atoms with E-state index in [1.54, 1.807) is 0 Å². The lowest BCUT2D eigenvalue weighted by molar-refractivity contribution is 0.287. The fourth-order valence-electron chi connectivity index (χ4n) is 2.36. The number of nitrogens with zero attached hydrogens (tertiary/aromatic N) is 1. The van der Waals surface area contributed by atoms with Gasteiger partial charge in [0, 0.05) is 4.47 Å². The average Bonchev–Trinajstić information content (AvgIpc) is 2.72. The number of aromatic nitrogens is 1. The van der Waals surface area contributed by atoms with Crippen molar-refractivity contribution in [2.75, 3.05) is 6.54 Å². The molecule has 2 unspecified atom stereocenters. The van der Waals surface area contributed by atoms with Gasteiger partial charge in [0.25, 0.3) is 0 Å². The standard InChI is InChI=1S/C13H15BrN2O/c1-8-4-5-15-11(6-8)13-16-10-7-9(14)2-3-12(10)17-13/h2-3,7-8,11,15H,4-6H2,1H3. The maximum atomic E-state index is 5.82. The van der Waals surface area contributed by atoms with Crippen LogP contribution in [-0.4, -0.2) is 11.5 Å². The minimum atomic E-state index is 0.268. The summed E-state index contributed by atoms with van der Waals surface area (Å²) in [6, 6.07) is 6.20. The number of rotatable bonds is 1. The number of nitrogens with one attached hydrogen (secondary N) is 1. The zero-order chi connectivity index (χ0) is 11.8. The summed E-state index contributed by atoms with van der Waals surface area (Å²) in [5.74, 6) is 1.56. The molecule has 0 aliphatic carbocycles. The molecule has 0 radical (unpaired) electrons. The number of benzene rings is 1. The summed E-state index contributed by atoms with van der Waals surface area (Å²) in [5, 5.41) is 3.47. The van der Waals surface area contributed by atoms with Crippen LogP contribution < -0.4 is 5.32 Å². The van der Waals surface area contributed by atoms with Crippen molar-refractivity contribution in [3.8, 4) is 0 Å². The first-order valence-corrected chi connectivity index (χ1v) is 6.81. The molecule has 90 valence electrons. The van der Waals surface area contributed by atoms with E-state index in [1.807, 2.05) is 18.2 Å². The van der Waals surface area contributed by atoms with Crippen molar-refractivity contribution >= 4 is 27.0 Å². The maximum absolute atomic E-state index is 5.82. The summed E-state index contributed by atoms with van der Waals surface area (Å²) >= 11 is 3.45. The monoisotopic (exact) mass is 294 g/mol. The van der Waals surface area contributed by atoms with Gasteiger partial charge in [-0.3, -0.25) is 0 Å². The van der Waals surface area contributed by atoms with Crippen molar-refractivity contribution in [2.45, 2.75) is 25.8 Å². The largest absolute Gasteiger partial charge is 0.439 e. The Balaban J connectivity index is 1.94. The second kappa shape index (κ2) is 4.42. The van der Waals surface area contributed by atoms with E-state index in [-0.39, 0.29) is 6.04 Å². The van der Waals surface area contributed by atoms with Crippen LogP contribution in [0.4, 0.5) is 0 Å². The van der Waals surface area contributed by atoms with Crippen LogP contribution in [0.5, 0.6) is 0 Å². The molecule has 3 nitrogen and oxygen atoms in total. The molecule has 1 N–H and O–H groups in total. The highest BCUT2D eigenvalue weighted by atomic mass is 79.9. The average molecular weight is 295 g/mol. The van der Waals surface area contributed by atoms with E-state index < -0.39 is 0 Å². The van der Waals surface area contributed by atoms with Crippen molar-refractivity contribution in [1.82, 2.24) is 10.3 Å². The Hall–Kier alpha value is -0.870. The molecule has 17 heavy (non-hydrogen) atoms. The quantitative estimate of drug-likeness (QED) is 0.872. The van der Waals surface area contributed by atoms with E-state index in [1.165, 1.54) is 6.42 Å². The highest BCUT2D eigenvalue weighted by Crippen LogP contribution is 2.29. The molecule has 1 fully saturated rings. The Labute approximate surface area is 109 Å². The van der Waals surface area contributed by atoms with Crippen molar-refractivity contribution < 1.29 is 4.42 Å². The van der Waals surface area contributed by atoms with E-state index in [9.17, 15) is 0 Å². The van der Waals surface area contributed by atoms with Crippen molar-refractivity contribution in [3.05, 3.63) is 28.6 Å². The molecule has 3 rings (SSSR count). The van der Waals surface area contributed by atoms with E-state index in [2.05, 4.69) is 33.2 Å². The summed E-state index contributed by atoms with van der Waals surface area (Å²) < 4.78 is 6.85. The second-order valence-corrected chi connectivity index (χ2v) is 5.72. The molecule has 1 aliphatic heterocycles. The minimum absolute atomic E-state index is 0.268. The predicted molar refractivity (Wildman–Crippen MR) is 70.9 cm³/mol. The van der Waals surface area contributed by atoms with Gasteiger partial charge in [0.15, 0.2) is 5.58 Å². The van der Waals surface area contributed by atoms with Crippen molar-refractivity contribution in [1.29, 1.82) is 0 Å². The third kappa shape index (κ3) is 2.24. The molecule has 1 aliphatic rings. The predicted octanol–water partition coefficient (Wildman–Crippen LogP) is 3.65. The van der Waals surface area contributed by atoms with E-state index in [4.69, 9.17) is 4.42 Å². The highest BCUT2D eigenvalue weighted by molar-refractivity contribution is 9.10. The first-order valence-electron chi connectivity index (χ1n) is 6.02. The minimum Gasteiger partial charge on any atom is -0.439 e. The maximum Gasteiger partial charge on any atom is 0.212 e. The van der Waals surface area contributed by atoms with E-state index >= 15 is 0 Å². The molecular weight excluding hydrogens is 280 g/mol. The lowest BCUT2D eigenvalue weighted by Gasteiger charge is -2.25. The smallest absolute Gasteiger partial charge is 0.212 e. The Morgan fingerprint density at radius 2 is 2.35 bits per heavy atom. The van der Waals surface area contributed by atoms with Crippen LogP contribution >= 0.6 is 15.9 Å². The third-order valence-electron chi connectivity index (χ3n) is 3.33. The van der Waals surface area contributed by atoms with E-state index in [0.29, 0.717) is 0 Å². The normalized spacial score (nSPS) is 25.3. The van der Waals surface area contributed by atoms with Crippen LogP contribution in [0.2, 0.25) is 0 Å². The van der Waals surface area contributed by atoms with Gasteiger partial charge < -0.3 is 9.73 Å². The van der Waals surface area contributed by atoms with Crippen LogP contribution in [0.1, 0.15) is 31.7 Å². The molecule has 1 aromatic heterocycles.